The fourth-order valence-corrected chi connectivity index (χ4v) is 2.22. The summed E-state index contributed by atoms with van der Waals surface area (Å²) in [5, 5.41) is 12.3. The molecule has 17 heavy (non-hydrogen) atoms. The molecule has 0 saturated heterocycles. The fraction of sp³-hybridized carbons (Fsp3) is 0.900. The second-order valence-electron chi connectivity index (χ2n) is 4.25. The van der Waals surface area contributed by atoms with E-state index in [1.54, 1.807) is 0 Å². The SMILES string of the molecule is NCC(=O)NCC[C@@H]1CCCC[C@H]1O[N+](=O)[O-]. The highest BCUT2D eigenvalue weighted by Gasteiger charge is 2.27. The van der Waals surface area contributed by atoms with Crippen LogP contribution in [-0.2, 0) is 9.63 Å². The van der Waals surface area contributed by atoms with Gasteiger partial charge in [0.15, 0.2) is 0 Å². The molecule has 1 fully saturated rings. The van der Waals surface area contributed by atoms with Crippen molar-refractivity contribution in [3.63, 3.8) is 0 Å². The van der Waals surface area contributed by atoms with Gasteiger partial charge in [0.25, 0.3) is 5.09 Å². The molecule has 1 amide bonds. The van der Waals surface area contributed by atoms with Crippen LogP contribution in [0.5, 0.6) is 0 Å². The summed E-state index contributed by atoms with van der Waals surface area (Å²) in [6.07, 6.45) is 4.03. The average molecular weight is 245 g/mol. The smallest absolute Gasteiger partial charge is 0.294 e. The normalized spacial score (nSPS) is 24.1. The molecule has 0 spiro atoms. The number of carbonyl (C=O) groups excluding carboxylic acids is 1. The predicted molar refractivity (Wildman–Crippen MR) is 60.5 cm³/mol. The molecule has 0 heterocycles. The molecule has 1 aliphatic rings. The summed E-state index contributed by atoms with van der Waals surface area (Å²) in [4.78, 5) is 25.9. The van der Waals surface area contributed by atoms with Crippen molar-refractivity contribution < 1.29 is 14.7 Å². The Morgan fingerprint density at radius 2 is 2.18 bits per heavy atom. The van der Waals surface area contributed by atoms with E-state index in [9.17, 15) is 14.9 Å². The topological polar surface area (TPSA) is 107 Å². The van der Waals surface area contributed by atoms with E-state index >= 15 is 0 Å². The van der Waals surface area contributed by atoms with E-state index < -0.39 is 5.09 Å². The average Bonchev–Trinajstić information content (AvgIpc) is 2.30. The molecule has 1 saturated carbocycles. The molecule has 0 radical (unpaired) electrons. The van der Waals surface area contributed by atoms with Crippen LogP contribution in [0.2, 0.25) is 0 Å². The first kappa shape index (κ1) is 13.7. The lowest BCUT2D eigenvalue weighted by Crippen LogP contribution is -2.35. The van der Waals surface area contributed by atoms with Crippen LogP contribution in [0.1, 0.15) is 32.1 Å². The van der Waals surface area contributed by atoms with Crippen molar-refractivity contribution in [3.8, 4) is 0 Å². The van der Waals surface area contributed by atoms with Gasteiger partial charge in [-0.15, -0.1) is 10.1 Å². The van der Waals surface area contributed by atoms with E-state index in [2.05, 4.69) is 10.2 Å². The van der Waals surface area contributed by atoms with E-state index in [4.69, 9.17) is 5.73 Å². The first-order chi connectivity index (χ1) is 8.13. The highest BCUT2D eigenvalue weighted by molar-refractivity contribution is 5.77. The summed E-state index contributed by atoms with van der Waals surface area (Å²) in [7, 11) is 0. The van der Waals surface area contributed by atoms with E-state index in [0.29, 0.717) is 13.0 Å². The number of nitrogens with one attached hydrogen (secondary N) is 1. The number of rotatable bonds is 6. The molecule has 1 aliphatic carbocycles. The van der Waals surface area contributed by atoms with Gasteiger partial charge in [-0.05, 0) is 25.2 Å². The van der Waals surface area contributed by atoms with Crippen LogP contribution in [0.3, 0.4) is 0 Å². The van der Waals surface area contributed by atoms with Crippen LogP contribution >= 0.6 is 0 Å². The third kappa shape index (κ3) is 4.99. The monoisotopic (exact) mass is 245 g/mol. The van der Waals surface area contributed by atoms with E-state index in [1.165, 1.54) is 0 Å². The molecule has 2 atom stereocenters. The predicted octanol–water partition coefficient (Wildman–Crippen LogP) is 0.218. The highest BCUT2D eigenvalue weighted by Crippen LogP contribution is 2.29. The second kappa shape index (κ2) is 7.05. The van der Waals surface area contributed by atoms with Crippen molar-refractivity contribution >= 4 is 5.91 Å². The maximum Gasteiger partial charge on any atom is 0.294 e. The zero-order valence-corrected chi connectivity index (χ0v) is 9.76. The third-order valence-electron chi connectivity index (χ3n) is 3.08. The molecule has 0 unspecified atom stereocenters. The standard InChI is InChI=1S/C10H19N3O4/c11-7-10(14)12-6-5-8-3-1-2-4-9(8)17-13(15)16/h8-9H,1-7,11H2,(H,12,14)/t8-,9+/m0/s1. The first-order valence-corrected chi connectivity index (χ1v) is 5.91. The van der Waals surface area contributed by atoms with Gasteiger partial charge in [0.1, 0.15) is 6.10 Å². The Morgan fingerprint density at radius 3 is 2.82 bits per heavy atom. The lowest BCUT2D eigenvalue weighted by Gasteiger charge is -2.29. The highest BCUT2D eigenvalue weighted by atomic mass is 17.0. The molecule has 3 N–H and O–H groups in total. The number of carbonyl (C=O) groups is 1. The molecule has 0 bridgehead atoms. The van der Waals surface area contributed by atoms with Crippen LogP contribution in [0.15, 0.2) is 0 Å². The number of nitrogens with two attached hydrogens (primary N) is 1. The number of nitrogens with zero attached hydrogens (tertiary/aromatic N) is 1. The van der Waals surface area contributed by atoms with Gasteiger partial charge >= 0.3 is 0 Å². The minimum Gasteiger partial charge on any atom is -0.355 e. The van der Waals surface area contributed by atoms with Crippen molar-refractivity contribution in [1.82, 2.24) is 5.32 Å². The van der Waals surface area contributed by atoms with Crippen molar-refractivity contribution in [2.75, 3.05) is 13.1 Å². The summed E-state index contributed by atoms with van der Waals surface area (Å²) >= 11 is 0. The van der Waals surface area contributed by atoms with Gasteiger partial charge < -0.3 is 15.9 Å². The van der Waals surface area contributed by atoms with Gasteiger partial charge in [-0.25, -0.2) is 0 Å². The second-order valence-corrected chi connectivity index (χ2v) is 4.25. The minimum atomic E-state index is -0.721. The molecular weight excluding hydrogens is 226 g/mol. The first-order valence-electron chi connectivity index (χ1n) is 5.91. The van der Waals surface area contributed by atoms with Crippen molar-refractivity contribution in [1.29, 1.82) is 0 Å². The summed E-state index contributed by atoms with van der Waals surface area (Å²) < 4.78 is 0. The Labute approximate surface area is 99.8 Å². The zero-order valence-electron chi connectivity index (χ0n) is 9.76. The van der Waals surface area contributed by atoms with Crippen LogP contribution in [0, 0.1) is 16.0 Å². The van der Waals surface area contributed by atoms with E-state index in [1.807, 2.05) is 0 Å². The Kier molecular flexibility index (Phi) is 5.68. The molecule has 0 aliphatic heterocycles. The summed E-state index contributed by atoms with van der Waals surface area (Å²) in [5.74, 6) is -0.0558. The summed E-state index contributed by atoms with van der Waals surface area (Å²) in [5.41, 5.74) is 5.16. The fourth-order valence-electron chi connectivity index (χ4n) is 2.22. The molecule has 7 heteroatoms. The molecule has 0 aromatic heterocycles. The third-order valence-corrected chi connectivity index (χ3v) is 3.08. The van der Waals surface area contributed by atoms with Gasteiger partial charge in [-0.2, -0.15) is 0 Å². The minimum absolute atomic E-state index is 0.0283. The number of amides is 1. The number of hydrogen-bond acceptors (Lipinski definition) is 5. The maximum atomic E-state index is 10.9. The van der Waals surface area contributed by atoms with Gasteiger partial charge in [-0.1, -0.05) is 12.8 Å². The lowest BCUT2D eigenvalue weighted by atomic mass is 9.84. The molecule has 7 nitrogen and oxygen atoms in total. The Bertz CT molecular complexity index is 272. The van der Waals surface area contributed by atoms with Crippen LogP contribution in [0.25, 0.3) is 0 Å². The van der Waals surface area contributed by atoms with Crippen LogP contribution < -0.4 is 11.1 Å². The summed E-state index contributed by atoms with van der Waals surface area (Å²) in [6.45, 7) is 0.470. The molecular formula is C10H19N3O4. The van der Waals surface area contributed by atoms with Crippen molar-refractivity contribution in [3.05, 3.63) is 10.1 Å². The molecule has 0 aromatic rings. The Balaban J connectivity index is 2.32. The molecule has 1 rings (SSSR count). The lowest BCUT2D eigenvalue weighted by molar-refractivity contribution is -0.771. The molecule has 98 valence electrons. The van der Waals surface area contributed by atoms with Gasteiger partial charge in [0.05, 0.1) is 6.54 Å². The van der Waals surface area contributed by atoms with Gasteiger partial charge in [-0.3, -0.25) is 4.79 Å². The quantitative estimate of drug-likeness (QED) is 0.514. The van der Waals surface area contributed by atoms with Gasteiger partial charge in [0, 0.05) is 6.54 Å². The van der Waals surface area contributed by atoms with Gasteiger partial charge in [0.2, 0.25) is 5.91 Å². The van der Waals surface area contributed by atoms with Crippen LogP contribution in [0.4, 0.5) is 0 Å². The van der Waals surface area contributed by atoms with E-state index in [0.717, 1.165) is 25.7 Å². The molecule has 0 aromatic carbocycles. The van der Waals surface area contributed by atoms with E-state index in [-0.39, 0.29) is 24.5 Å². The zero-order chi connectivity index (χ0) is 12.7. The largest absolute Gasteiger partial charge is 0.355 e. The van der Waals surface area contributed by atoms with Crippen LogP contribution in [-0.4, -0.2) is 30.2 Å². The van der Waals surface area contributed by atoms with Crippen molar-refractivity contribution in [2.24, 2.45) is 11.7 Å². The number of hydrogen-bond donors (Lipinski definition) is 2. The Morgan fingerprint density at radius 1 is 1.47 bits per heavy atom. The summed E-state index contributed by atoms with van der Waals surface area (Å²) in [6, 6.07) is 0. The Hall–Kier alpha value is -1.37. The van der Waals surface area contributed by atoms with Crippen molar-refractivity contribution in [2.45, 2.75) is 38.2 Å². The maximum absolute atomic E-state index is 10.9.